The molecule has 0 spiro atoms. The van der Waals surface area contributed by atoms with Crippen molar-refractivity contribution in [2.45, 2.75) is 418 Å². The number of hydrogen-bond donors (Lipinski definition) is 3. The van der Waals surface area contributed by atoms with Gasteiger partial charge in [-0.15, -0.1) is 0 Å². The lowest BCUT2D eigenvalue weighted by Crippen LogP contribution is -2.30. The van der Waals surface area contributed by atoms with Crippen LogP contribution in [0.3, 0.4) is 0 Å². The van der Waals surface area contributed by atoms with Crippen LogP contribution in [0.2, 0.25) is 0 Å². The number of ether oxygens (including phenoxy) is 4. The zero-order valence-corrected chi connectivity index (χ0v) is 62.7. The Labute approximate surface area is 575 Å². The highest BCUT2D eigenvalue weighted by Gasteiger charge is 2.30. The number of phosphoric ester groups is 2. The molecule has 0 amide bonds. The molecule has 5 atom stereocenters. The zero-order valence-electron chi connectivity index (χ0n) is 60.9. The van der Waals surface area contributed by atoms with Crippen LogP contribution in [0.4, 0.5) is 0 Å². The monoisotopic (exact) mass is 1380 g/mol. The molecule has 0 aliphatic carbocycles. The third-order valence-corrected chi connectivity index (χ3v) is 19.5. The van der Waals surface area contributed by atoms with Crippen molar-refractivity contribution in [2.75, 3.05) is 39.6 Å². The van der Waals surface area contributed by atoms with Gasteiger partial charge in [-0.05, 0) is 25.7 Å². The smallest absolute Gasteiger partial charge is 0.462 e. The molecule has 0 rings (SSSR count). The van der Waals surface area contributed by atoms with Crippen LogP contribution in [0.25, 0.3) is 0 Å². The van der Waals surface area contributed by atoms with Crippen molar-refractivity contribution in [1.29, 1.82) is 0 Å². The second-order valence-electron chi connectivity index (χ2n) is 27.0. The molecule has 0 aliphatic heterocycles. The van der Waals surface area contributed by atoms with Gasteiger partial charge in [0.2, 0.25) is 0 Å². The summed E-state index contributed by atoms with van der Waals surface area (Å²) in [6.07, 6.45) is 60.0. The van der Waals surface area contributed by atoms with Gasteiger partial charge in [-0.1, -0.05) is 349 Å². The molecule has 0 aromatic rings. The number of carbonyl (C=O) groups excluding carboxylic acids is 4. The number of rotatable bonds is 76. The Hall–Kier alpha value is -1.94. The molecule has 17 nitrogen and oxygen atoms in total. The SMILES string of the molecule is CCCCCCCCCCCCCCCCCCCC(=O)OC[C@H](COP(=O)(O)OC[C@@H](O)COP(=O)(O)OC[C@@H](COC(=O)CCCCCCC)OC(=O)CCCCCCCCCCCCCCCCC)OC(=O)CCCCCCCCCCCCCCCCCCC. The van der Waals surface area contributed by atoms with E-state index >= 15 is 0 Å². The third kappa shape index (κ3) is 68.6. The molecular formula is C75H146O17P2. The number of aliphatic hydroxyl groups is 1. The van der Waals surface area contributed by atoms with Crippen LogP contribution in [-0.2, 0) is 65.4 Å². The quantitative estimate of drug-likeness (QED) is 0.0222. The van der Waals surface area contributed by atoms with Gasteiger partial charge < -0.3 is 33.8 Å². The number of aliphatic hydroxyl groups excluding tert-OH is 1. The van der Waals surface area contributed by atoms with Crippen LogP contribution >= 0.6 is 15.6 Å². The Morgan fingerprint density at radius 2 is 0.426 bits per heavy atom. The van der Waals surface area contributed by atoms with Crippen molar-refractivity contribution in [3.8, 4) is 0 Å². The fourth-order valence-corrected chi connectivity index (χ4v) is 13.2. The van der Waals surface area contributed by atoms with Crippen molar-refractivity contribution < 1.29 is 80.2 Å². The summed E-state index contributed by atoms with van der Waals surface area (Å²) in [6.45, 7) is 4.91. The second-order valence-corrected chi connectivity index (χ2v) is 29.9. The molecule has 2 unspecified atom stereocenters. The average molecular weight is 1380 g/mol. The van der Waals surface area contributed by atoms with Gasteiger partial charge >= 0.3 is 39.5 Å². The van der Waals surface area contributed by atoms with E-state index in [-0.39, 0.29) is 25.7 Å². The molecule has 3 N–H and O–H groups in total. The lowest BCUT2D eigenvalue weighted by atomic mass is 10.0. The average Bonchev–Trinajstić information content (AvgIpc) is 1.47. The van der Waals surface area contributed by atoms with Crippen LogP contribution in [0.1, 0.15) is 400 Å². The van der Waals surface area contributed by atoms with E-state index in [2.05, 4.69) is 27.7 Å². The molecule has 0 aliphatic rings. The summed E-state index contributed by atoms with van der Waals surface area (Å²) in [6, 6.07) is 0. The van der Waals surface area contributed by atoms with Gasteiger partial charge in [-0.3, -0.25) is 37.3 Å². The van der Waals surface area contributed by atoms with E-state index in [1.165, 1.54) is 225 Å². The molecule has 0 radical (unpaired) electrons. The minimum absolute atomic E-state index is 0.108. The fourth-order valence-electron chi connectivity index (χ4n) is 11.6. The maximum atomic E-state index is 13.1. The van der Waals surface area contributed by atoms with E-state index in [0.29, 0.717) is 25.7 Å². The van der Waals surface area contributed by atoms with E-state index in [9.17, 15) is 43.2 Å². The van der Waals surface area contributed by atoms with E-state index in [1.54, 1.807) is 0 Å². The number of hydrogen-bond acceptors (Lipinski definition) is 15. The van der Waals surface area contributed by atoms with Gasteiger partial charge in [-0.25, -0.2) is 9.13 Å². The molecule has 558 valence electrons. The van der Waals surface area contributed by atoms with Crippen LogP contribution in [0.5, 0.6) is 0 Å². The maximum absolute atomic E-state index is 13.1. The highest BCUT2D eigenvalue weighted by atomic mass is 31.2. The predicted molar refractivity (Wildman–Crippen MR) is 382 cm³/mol. The normalized spacial score (nSPS) is 13.9. The fraction of sp³-hybridized carbons (Fsp3) is 0.947. The highest BCUT2D eigenvalue weighted by molar-refractivity contribution is 7.47. The molecular weight excluding hydrogens is 1230 g/mol. The first-order valence-electron chi connectivity index (χ1n) is 39.3. The highest BCUT2D eigenvalue weighted by Crippen LogP contribution is 2.45. The molecule has 94 heavy (non-hydrogen) atoms. The van der Waals surface area contributed by atoms with Crippen molar-refractivity contribution in [2.24, 2.45) is 0 Å². The number of carbonyl (C=O) groups is 4. The van der Waals surface area contributed by atoms with Gasteiger partial charge in [0, 0.05) is 25.7 Å². The summed E-state index contributed by atoms with van der Waals surface area (Å²) >= 11 is 0. The van der Waals surface area contributed by atoms with Gasteiger partial charge in [0.1, 0.15) is 19.3 Å². The largest absolute Gasteiger partial charge is 0.472 e. The molecule has 0 aromatic heterocycles. The molecule has 0 heterocycles. The van der Waals surface area contributed by atoms with E-state index in [0.717, 1.165) is 96.3 Å². The summed E-state index contributed by atoms with van der Waals surface area (Å²) < 4.78 is 68.3. The zero-order chi connectivity index (χ0) is 69.0. The second kappa shape index (κ2) is 69.5. The first-order chi connectivity index (χ1) is 45.7. The van der Waals surface area contributed by atoms with Gasteiger partial charge in [0.25, 0.3) is 0 Å². The Balaban J connectivity index is 5.14. The van der Waals surface area contributed by atoms with Crippen LogP contribution in [0, 0.1) is 0 Å². The molecule has 19 heteroatoms. The summed E-state index contributed by atoms with van der Waals surface area (Å²) in [4.78, 5) is 72.5. The lowest BCUT2D eigenvalue weighted by Gasteiger charge is -2.21. The van der Waals surface area contributed by atoms with Crippen LogP contribution in [0.15, 0.2) is 0 Å². The molecule has 0 aromatic carbocycles. The van der Waals surface area contributed by atoms with E-state index in [1.807, 2.05) is 0 Å². The Morgan fingerprint density at radius 3 is 0.628 bits per heavy atom. The summed E-state index contributed by atoms with van der Waals surface area (Å²) in [5.41, 5.74) is 0. The molecule has 0 bridgehead atoms. The van der Waals surface area contributed by atoms with Gasteiger partial charge in [-0.2, -0.15) is 0 Å². The van der Waals surface area contributed by atoms with Crippen LogP contribution < -0.4 is 0 Å². The van der Waals surface area contributed by atoms with E-state index < -0.39 is 97.5 Å². The van der Waals surface area contributed by atoms with Gasteiger partial charge in [0.05, 0.1) is 26.4 Å². The number of unbranched alkanes of at least 4 members (excludes halogenated alkanes) is 50. The summed E-state index contributed by atoms with van der Waals surface area (Å²) in [7, 11) is -9.90. The van der Waals surface area contributed by atoms with Crippen molar-refractivity contribution >= 4 is 39.5 Å². The third-order valence-electron chi connectivity index (χ3n) is 17.6. The molecule has 0 saturated carbocycles. The minimum atomic E-state index is -4.95. The number of phosphoric acid groups is 2. The van der Waals surface area contributed by atoms with Crippen molar-refractivity contribution in [1.82, 2.24) is 0 Å². The molecule has 0 saturated heterocycles. The Kier molecular flexibility index (Phi) is 68.1. The molecule has 0 fully saturated rings. The van der Waals surface area contributed by atoms with Crippen molar-refractivity contribution in [3.63, 3.8) is 0 Å². The maximum Gasteiger partial charge on any atom is 0.472 e. The topological polar surface area (TPSA) is 237 Å². The minimum Gasteiger partial charge on any atom is -0.462 e. The first-order valence-corrected chi connectivity index (χ1v) is 42.3. The standard InChI is InChI=1S/C75H146O17P2/c1-5-9-13-17-20-23-26-29-32-34-37-39-42-45-48-52-56-60-73(78)86-66-71(92-75(80)62-58-54-50-47-44-41-38-35-33-30-27-24-21-18-14-10-6-2)68-90-94(83,84)88-64-69(76)63-87-93(81,82)89-67-70(65-85-72(77)59-55-51-16-12-8-4)91-74(79)61-57-53-49-46-43-40-36-31-28-25-22-19-15-11-7-3/h69-71,76H,5-68H2,1-4H3,(H,81,82)(H,83,84)/t69-,70+,71+/m0/s1. The summed E-state index contributed by atoms with van der Waals surface area (Å²) in [5.74, 6) is -2.12. The lowest BCUT2D eigenvalue weighted by molar-refractivity contribution is -0.161. The Morgan fingerprint density at radius 1 is 0.255 bits per heavy atom. The van der Waals surface area contributed by atoms with Crippen LogP contribution in [-0.4, -0.2) is 96.7 Å². The van der Waals surface area contributed by atoms with Crippen molar-refractivity contribution in [3.05, 3.63) is 0 Å². The predicted octanol–water partition coefficient (Wildman–Crippen LogP) is 22.2. The van der Waals surface area contributed by atoms with Gasteiger partial charge in [0.15, 0.2) is 12.2 Å². The number of esters is 4. The van der Waals surface area contributed by atoms with E-state index in [4.69, 9.17) is 37.0 Å². The first kappa shape index (κ1) is 92.1. The summed E-state index contributed by atoms with van der Waals surface area (Å²) in [5, 5.41) is 10.6. The Bertz CT molecular complexity index is 1790.